The number of hydrogen-bond acceptors (Lipinski definition) is 2. The average Bonchev–Trinajstić information content (AvgIpc) is 2.34. The zero-order valence-corrected chi connectivity index (χ0v) is 10.2. The van der Waals surface area contributed by atoms with E-state index in [9.17, 15) is 0 Å². The summed E-state index contributed by atoms with van der Waals surface area (Å²) in [6.45, 7) is 6.87. The zero-order chi connectivity index (χ0) is 11.8. The normalized spacial score (nSPS) is 12.4. The molecular weight excluding hydrogens is 200 g/mol. The van der Waals surface area contributed by atoms with E-state index >= 15 is 0 Å². The molecule has 1 aromatic rings. The third-order valence-corrected chi connectivity index (χ3v) is 2.55. The second-order valence-corrected chi connectivity index (χ2v) is 3.85. The fraction of sp³-hybridized carbons (Fsp3) is 0.500. The second kappa shape index (κ2) is 7.29. The van der Waals surface area contributed by atoms with Crippen molar-refractivity contribution in [3.63, 3.8) is 0 Å². The standard InChI is InChI=1S/C14H21O2/c1-4-5-6-11-16-14-9-7-13(8-10-14)12(2)15-3/h7-10,12H,2,4-6,11H2,1,3H3. The predicted octanol–water partition coefficient (Wildman–Crippen LogP) is 3.78. The van der Waals surface area contributed by atoms with Crippen LogP contribution in [-0.2, 0) is 4.74 Å². The van der Waals surface area contributed by atoms with Crippen molar-refractivity contribution in [2.45, 2.75) is 32.3 Å². The highest BCUT2D eigenvalue weighted by Crippen LogP contribution is 2.19. The van der Waals surface area contributed by atoms with Gasteiger partial charge in [-0.25, -0.2) is 0 Å². The van der Waals surface area contributed by atoms with E-state index in [1.807, 2.05) is 24.3 Å². The van der Waals surface area contributed by atoms with E-state index in [1.165, 1.54) is 12.8 Å². The maximum Gasteiger partial charge on any atom is 0.119 e. The maximum atomic E-state index is 5.62. The van der Waals surface area contributed by atoms with Crippen molar-refractivity contribution in [2.24, 2.45) is 0 Å². The van der Waals surface area contributed by atoms with Crippen LogP contribution in [0.3, 0.4) is 0 Å². The first-order chi connectivity index (χ1) is 7.77. The van der Waals surface area contributed by atoms with Gasteiger partial charge in [0.2, 0.25) is 0 Å². The smallest absolute Gasteiger partial charge is 0.119 e. The molecule has 0 saturated carbocycles. The topological polar surface area (TPSA) is 18.5 Å². The molecule has 0 N–H and O–H groups in total. The summed E-state index contributed by atoms with van der Waals surface area (Å²) in [5.74, 6) is 0.920. The van der Waals surface area contributed by atoms with Crippen molar-refractivity contribution in [2.75, 3.05) is 13.7 Å². The fourth-order valence-electron chi connectivity index (χ4n) is 1.46. The molecule has 0 aliphatic heterocycles. The van der Waals surface area contributed by atoms with E-state index in [0.29, 0.717) is 0 Å². The molecule has 2 nitrogen and oxygen atoms in total. The number of rotatable bonds is 7. The van der Waals surface area contributed by atoms with Crippen LogP contribution in [0.4, 0.5) is 0 Å². The Bertz CT molecular complexity index is 279. The Labute approximate surface area is 98.6 Å². The molecule has 0 aliphatic carbocycles. The van der Waals surface area contributed by atoms with Gasteiger partial charge < -0.3 is 9.47 Å². The highest BCUT2D eigenvalue weighted by atomic mass is 16.5. The lowest BCUT2D eigenvalue weighted by Gasteiger charge is -2.11. The molecule has 2 heteroatoms. The second-order valence-electron chi connectivity index (χ2n) is 3.85. The predicted molar refractivity (Wildman–Crippen MR) is 66.6 cm³/mol. The Morgan fingerprint density at radius 3 is 2.44 bits per heavy atom. The van der Waals surface area contributed by atoms with E-state index in [0.717, 1.165) is 24.3 Å². The van der Waals surface area contributed by atoms with Gasteiger partial charge in [0, 0.05) is 7.11 Å². The molecule has 16 heavy (non-hydrogen) atoms. The molecule has 0 spiro atoms. The molecule has 0 heterocycles. The van der Waals surface area contributed by atoms with Crippen molar-refractivity contribution >= 4 is 0 Å². The lowest BCUT2D eigenvalue weighted by atomic mass is 10.1. The van der Waals surface area contributed by atoms with E-state index in [4.69, 9.17) is 9.47 Å². The van der Waals surface area contributed by atoms with Gasteiger partial charge in [-0.1, -0.05) is 31.9 Å². The van der Waals surface area contributed by atoms with Gasteiger partial charge in [-0.05, 0) is 31.0 Å². The SMILES string of the molecule is [CH2]C(OC)c1ccc(OCCCCC)cc1. The maximum absolute atomic E-state index is 5.62. The van der Waals surface area contributed by atoms with Gasteiger partial charge in [0.15, 0.2) is 0 Å². The van der Waals surface area contributed by atoms with Crippen molar-refractivity contribution in [1.29, 1.82) is 0 Å². The van der Waals surface area contributed by atoms with E-state index < -0.39 is 0 Å². The molecule has 0 fully saturated rings. The summed E-state index contributed by atoms with van der Waals surface area (Å²) in [5, 5.41) is 0. The Hall–Kier alpha value is -1.02. The molecule has 1 aromatic carbocycles. The number of unbranched alkanes of at least 4 members (excludes halogenated alkanes) is 2. The van der Waals surface area contributed by atoms with E-state index in [-0.39, 0.29) is 6.10 Å². The highest BCUT2D eigenvalue weighted by Gasteiger charge is 2.03. The van der Waals surface area contributed by atoms with Crippen molar-refractivity contribution < 1.29 is 9.47 Å². The van der Waals surface area contributed by atoms with Crippen LogP contribution in [-0.4, -0.2) is 13.7 Å². The first kappa shape index (κ1) is 13.0. The third kappa shape index (κ3) is 4.23. The zero-order valence-electron chi connectivity index (χ0n) is 10.2. The molecular formula is C14H21O2. The summed E-state index contributed by atoms with van der Waals surface area (Å²) in [6.07, 6.45) is 3.46. The van der Waals surface area contributed by atoms with Crippen LogP contribution < -0.4 is 4.74 Å². The summed E-state index contributed by atoms with van der Waals surface area (Å²) in [5.41, 5.74) is 1.07. The minimum Gasteiger partial charge on any atom is -0.494 e. The van der Waals surface area contributed by atoms with Crippen LogP contribution in [0.5, 0.6) is 5.75 Å². The van der Waals surface area contributed by atoms with E-state index in [1.54, 1.807) is 7.11 Å². The fourth-order valence-corrected chi connectivity index (χ4v) is 1.46. The van der Waals surface area contributed by atoms with E-state index in [2.05, 4.69) is 13.8 Å². The third-order valence-electron chi connectivity index (χ3n) is 2.55. The minimum atomic E-state index is -0.103. The van der Waals surface area contributed by atoms with Gasteiger partial charge in [0.25, 0.3) is 0 Å². The average molecular weight is 221 g/mol. The van der Waals surface area contributed by atoms with Crippen molar-refractivity contribution in [3.05, 3.63) is 36.8 Å². The van der Waals surface area contributed by atoms with Gasteiger partial charge >= 0.3 is 0 Å². The lowest BCUT2D eigenvalue weighted by molar-refractivity contribution is 0.140. The summed E-state index contributed by atoms with van der Waals surface area (Å²) < 4.78 is 10.8. The van der Waals surface area contributed by atoms with Gasteiger partial charge in [0.05, 0.1) is 12.7 Å². The molecule has 1 radical (unpaired) electrons. The molecule has 1 atom stereocenters. The molecule has 0 bridgehead atoms. The van der Waals surface area contributed by atoms with Gasteiger partial charge in [-0.2, -0.15) is 0 Å². The number of benzene rings is 1. The van der Waals surface area contributed by atoms with Crippen LogP contribution in [0.1, 0.15) is 37.9 Å². The van der Waals surface area contributed by atoms with Crippen molar-refractivity contribution in [1.82, 2.24) is 0 Å². The largest absolute Gasteiger partial charge is 0.494 e. The molecule has 0 aliphatic rings. The Morgan fingerprint density at radius 1 is 1.19 bits per heavy atom. The highest BCUT2D eigenvalue weighted by molar-refractivity contribution is 5.28. The Morgan fingerprint density at radius 2 is 1.88 bits per heavy atom. The Balaban J connectivity index is 2.39. The summed E-state index contributed by atoms with van der Waals surface area (Å²) >= 11 is 0. The number of methoxy groups -OCH3 is 1. The number of hydrogen-bond donors (Lipinski definition) is 0. The number of ether oxygens (including phenoxy) is 2. The molecule has 0 amide bonds. The quantitative estimate of drug-likeness (QED) is 0.652. The monoisotopic (exact) mass is 221 g/mol. The first-order valence-electron chi connectivity index (χ1n) is 5.86. The molecule has 1 rings (SSSR count). The molecule has 0 saturated heterocycles. The summed E-state index contributed by atoms with van der Waals surface area (Å²) in [7, 11) is 1.66. The Kier molecular flexibility index (Phi) is 5.94. The van der Waals surface area contributed by atoms with Crippen LogP contribution in [0.15, 0.2) is 24.3 Å². The summed E-state index contributed by atoms with van der Waals surface area (Å²) in [4.78, 5) is 0. The van der Waals surface area contributed by atoms with Gasteiger partial charge in [-0.3, -0.25) is 0 Å². The molecule has 89 valence electrons. The van der Waals surface area contributed by atoms with Gasteiger partial charge in [0.1, 0.15) is 5.75 Å². The van der Waals surface area contributed by atoms with Crippen LogP contribution in [0.25, 0.3) is 0 Å². The van der Waals surface area contributed by atoms with Crippen LogP contribution >= 0.6 is 0 Å². The van der Waals surface area contributed by atoms with Gasteiger partial charge in [-0.15, -0.1) is 0 Å². The van der Waals surface area contributed by atoms with Crippen molar-refractivity contribution in [3.8, 4) is 5.75 Å². The van der Waals surface area contributed by atoms with Crippen LogP contribution in [0, 0.1) is 6.92 Å². The first-order valence-corrected chi connectivity index (χ1v) is 5.86. The minimum absolute atomic E-state index is 0.103. The summed E-state index contributed by atoms with van der Waals surface area (Å²) in [6, 6.07) is 7.93. The molecule has 0 aromatic heterocycles. The molecule has 1 unspecified atom stereocenters. The lowest BCUT2D eigenvalue weighted by Crippen LogP contribution is -1.98. The van der Waals surface area contributed by atoms with Crippen LogP contribution in [0.2, 0.25) is 0 Å².